The smallest absolute Gasteiger partial charge is 0.0560 e. The molecule has 17 heavy (non-hydrogen) atoms. The number of aromatic nitrogens is 1. The van der Waals surface area contributed by atoms with Gasteiger partial charge in [0.15, 0.2) is 0 Å². The Hall–Kier alpha value is -1.13. The number of pyridine rings is 1. The number of likely N-dealkylation sites (N-methyl/N-ethyl adjacent to an activating group) is 1. The third kappa shape index (κ3) is 4.71. The molecule has 0 bridgehead atoms. The second-order valence-electron chi connectivity index (χ2n) is 4.50. The van der Waals surface area contributed by atoms with Crippen molar-refractivity contribution in [3.8, 4) is 0 Å². The van der Waals surface area contributed by atoms with E-state index < -0.39 is 0 Å². The van der Waals surface area contributed by atoms with Crippen LogP contribution in [-0.4, -0.2) is 43.6 Å². The summed E-state index contributed by atoms with van der Waals surface area (Å²) in [6.45, 7) is 5.87. The average Bonchev–Trinajstić information content (AvgIpc) is 2.34. The predicted molar refractivity (Wildman–Crippen MR) is 73.2 cm³/mol. The topological polar surface area (TPSA) is 45.4 Å². The number of nitrogens with two attached hydrogens (primary N) is 1. The van der Waals surface area contributed by atoms with Crippen molar-refractivity contribution >= 4 is 5.69 Å². The Balaban J connectivity index is 2.73. The largest absolute Gasteiger partial charge is 0.370 e. The van der Waals surface area contributed by atoms with E-state index in [0.29, 0.717) is 6.54 Å². The maximum atomic E-state index is 5.63. The highest BCUT2D eigenvalue weighted by atomic mass is 15.2. The van der Waals surface area contributed by atoms with Crippen molar-refractivity contribution in [2.75, 3.05) is 38.6 Å². The van der Waals surface area contributed by atoms with Crippen molar-refractivity contribution in [3.05, 3.63) is 24.0 Å². The first-order valence-corrected chi connectivity index (χ1v) is 6.22. The first-order valence-electron chi connectivity index (χ1n) is 6.22. The van der Waals surface area contributed by atoms with Gasteiger partial charge in [0.25, 0.3) is 0 Å². The van der Waals surface area contributed by atoms with Crippen LogP contribution in [0.2, 0.25) is 0 Å². The number of nitrogens with zero attached hydrogens (tertiary/aromatic N) is 3. The van der Waals surface area contributed by atoms with E-state index in [1.54, 1.807) is 0 Å². The summed E-state index contributed by atoms with van der Waals surface area (Å²) >= 11 is 0. The lowest BCUT2D eigenvalue weighted by Gasteiger charge is -2.26. The molecule has 0 aliphatic carbocycles. The first-order chi connectivity index (χ1) is 8.17. The lowest BCUT2D eigenvalue weighted by molar-refractivity contribution is 0.413. The van der Waals surface area contributed by atoms with Gasteiger partial charge < -0.3 is 15.5 Å². The molecular weight excluding hydrogens is 212 g/mol. The Kier molecular flexibility index (Phi) is 5.94. The van der Waals surface area contributed by atoms with Crippen LogP contribution in [0.1, 0.15) is 19.0 Å². The van der Waals surface area contributed by atoms with Crippen molar-refractivity contribution in [2.45, 2.75) is 19.9 Å². The van der Waals surface area contributed by atoms with Crippen LogP contribution in [0.3, 0.4) is 0 Å². The highest BCUT2D eigenvalue weighted by Crippen LogP contribution is 2.14. The highest BCUT2D eigenvalue weighted by molar-refractivity contribution is 5.46. The molecule has 0 aromatic carbocycles. The standard InChI is InChI=1S/C13H24N4/c1-4-7-17(9-8-16(2)3)13-5-6-15-12(10-13)11-14/h5-6,10H,4,7-9,11,14H2,1-3H3. The van der Waals surface area contributed by atoms with Gasteiger partial charge in [0.05, 0.1) is 5.69 Å². The molecule has 1 aromatic heterocycles. The summed E-state index contributed by atoms with van der Waals surface area (Å²) < 4.78 is 0. The third-order valence-electron chi connectivity index (χ3n) is 2.69. The number of rotatable bonds is 7. The minimum absolute atomic E-state index is 0.501. The summed E-state index contributed by atoms with van der Waals surface area (Å²) in [4.78, 5) is 8.83. The molecule has 0 aliphatic heterocycles. The fraction of sp³-hybridized carbons (Fsp3) is 0.615. The maximum absolute atomic E-state index is 5.63. The van der Waals surface area contributed by atoms with E-state index >= 15 is 0 Å². The Morgan fingerprint density at radius 1 is 1.24 bits per heavy atom. The average molecular weight is 236 g/mol. The van der Waals surface area contributed by atoms with E-state index in [9.17, 15) is 0 Å². The van der Waals surface area contributed by atoms with Crippen LogP contribution in [0, 0.1) is 0 Å². The quantitative estimate of drug-likeness (QED) is 0.775. The lowest BCUT2D eigenvalue weighted by atomic mass is 10.2. The van der Waals surface area contributed by atoms with Gasteiger partial charge in [-0.3, -0.25) is 4.98 Å². The molecule has 0 atom stereocenters. The maximum Gasteiger partial charge on any atom is 0.0560 e. The summed E-state index contributed by atoms with van der Waals surface area (Å²) in [6, 6.07) is 4.15. The molecule has 4 heteroatoms. The van der Waals surface area contributed by atoms with Crippen LogP contribution in [-0.2, 0) is 6.54 Å². The molecule has 1 aromatic rings. The number of hydrogen-bond donors (Lipinski definition) is 1. The van der Waals surface area contributed by atoms with Gasteiger partial charge in [0, 0.05) is 38.1 Å². The van der Waals surface area contributed by atoms with Gasteiger partial charge in [0.2, 0.25) is 0 Å². The first kappa shape index (κ1) is 13.9. The van der Waals surface area contributed by atoms with Crippen LogP contribution >= 0.6 is 0 Å². The van der Waals surface area contributed by atoms with Gasteiger partial charge in [-0.1, -0.05) is 6.92 Å². The molecule has 0 aliphatic rings. The third-order valence-corrected chi connectivity index (χ3v) is 2.69. The van der Waals surface area contributed by atoms with Crippen LogP contribution in [0.4, 0.5) is 5.69 Å². The Bertz CT molecular complexity index is 325. The lowest BCUT2D eigenvalue weighted by Crippen LogP contribution is -2.32. The molecule has 0 saturated heterocycles. The molecule has 0 saturated carbocycles. The molecule has 0 spiro atoms. The minimum atomic E-state index is 0.501. The molecule has 0 radical (unpaired) electrons. The summed E-state index contributed by atoms with van der Waals surface area (Å²) in [7, 11) is 4.20. The molecule has 0 fully saturated rings. The zero-order valence-electron chi connectivity index (χ0n) is 11.2. The van der Waals surface area contributed by atoms with Crippen molar-refractivity contribution < 1.29 is 0 Å². The van der Waals surface area contributed by atoms with Crippen LogP contribution in [0.15, 0.2) is 18.3 Å². The van der Waals surface area contributed by atoms with Crippen molar-refractivity contribution in [2.24, 2.45) is 5.73 Å². The molecule has 1 heterocycles. The van der Waals surface area contributed by atoms with Crippen molar-refractivity contribution in [3.63, 3.8) is 0 Å². The summed E-state index contributed by atoms with van der Waals surface area (Å²) in [5, 5.41) is 0. The monoisotopic (exact) mass is 236 g/mol. The van der Waals surface area contributed by atoms with Crippen LogP contribution in [0.5, 0.6) is 0 Å². The van der Waals surface area contributed by atoms with Gasteiger partial charge in [0.1, 0.15) is 0 Å². The fourth-order valence-corrected chi connectivity index (χ4v) is 1.73. The Morgan fingerprint density at radius 3 is 2.59 bits per heavy atom. The SMILES string of the molecule is CCCN(CCN(C)C)c1ccnc(CN)c1. The fourth-order valence-electron chi connectivity index (χ4n) is 1.73. The molecule has 2 N–H and O–H groups in total. The molecule has 96 valence electrons. The Labute approximate surface area is 104 Å². The van der Waals surface area contributed by atoms with Crippen molar-refractivity contribution in [1.82, 2.24) is 9.88 Å². The van der Waals surface area contributed by atoms with E-state index in [0.717, 1.165) is 31.7 Å². The predicted octanol–water partition coefficient (Wildman–Crippen LogP) is 1.32. The van der Waals surface area contributed by atoms with Gasteiger partial charge in [-0.05, 0) is 32.6 Å². The summed E-state index contributed by atoms with van der Waals surface area (Å²) in [6.07, 6.45) is 2.99. The second-order valence-corrected chi connectivity index (χ2v) is 4.50. The highest BCUT2D eigenvalue weighted by Gasteiger charge is 2.06. The van der Waals surface area contributed by atoms with E-state index in [1.807, 2.05) is 6.20 Å². The van der Waals surface area contributed by atoms with Crippen molar-refractivity contribution in [1.29, 1.82) is 0 Å². The molecular formula is C13H24N4. The van der Waals surface area contributed by atoms with Gasteiger partial charge in [-0.2, -0.15) is 0 Å². The number of hydrogen-bond acceptors (Lipinski definition) is 4. The van der Waals surface area contributed by atoms with E-state index in [2.05, 4.69) is 47.9 Å². The van der Waals surface area contributed by atoms with E-state index in [1.165, 1.54) is 5.69 Å². The molecule has 1 rings (SSSR count). The second kappa shape index (κ2) is 7.25. The minimum Gasteiger partial charge on any atom is -0.370 e. The zero-order chi connectivity index (χ0) is 12.7. The van der Waals surface area contributed by atoms with Crippen LogP contribution < -0.4 is 10.6 Å². The van der Waals surface area contributed by atoms with Crippen LogP contribution in [0.25, 0.3) is 0 Å². The molecule has 0 unspecified atom stereocenters. The normalized spacial score (nSPS) is 10.9. The van der Waals surface area contributed by atoms with E-state index in [4.69, 9.17) is 5.73 Å². The molecule has 4 nitrogen and oxygen atoms in total. The van der Waals surface area contributed by atoms with Gasteiger partial charge in [-0.25, -0.2) is 0 Å². The summed E-state index contributed by atoms with van der Waals surface area (Å²) in [5.74, 6) is 0. The summed E-state index contributed by atoms with van der Waals surface area (Å²) in [5.41, 5.74) is 7.80. The van der Waals surface area contributed by atoms with Gasteiger partial charge >= 0.3 is 0 Å². The zero-order valence-corrected chi connectivity index (χ0v) is 11.2. The van der Waals surface area contributed by atoms with E-state index in [-0.39, 0.29) is 0 Å². The Morgan fingerprint density at radius 2 is 2.00 bits per heavy atom. The number of anilines is 1. The van der Waals surface area contributed by atoms with Gasteiger partial charge in [-0.15, -0.1) is 0 Å². The molecule has 0 amide bonds.